The quantitative estimate of drug-likeness (QED) is 0.601. The summed E-state index contributed by atoms with van der Waals surface area (Å²) in [5, 5.41) is 3.85. The van der Waals surface area contributed by atoms with Crippen molar-refractivity contribution in [3.63, 3.8) is 0 Å². The Morgan fingerprint density at radius 2 is 2.16 bits per heavy atom. The Kier molecular flexibility index (Phi) is 5.88. The number of benzene rings is 1. The van der Waals surface area contributed by atoms with Crippen molar-refractivity contribution in [1.29, 1.82) is 0 Å². The van der Waals surface area contributed by atoms with Gasteiger partial charge in [0.25, 0.3) is 0 Å². The number of amides is 1. The van der Waals surface area contributed by atoms with Crippen molar-refractivity contribution in [2.45, 2.75) is 30.2 Å². The summed E-state index contributed by atoms with van der Waals surface area (Å²) in [5.74, 6) is -0.0766. The monoisotopic (exact) mass is 446 g/mol. The molecular formula is C20H23FN6O3S. The van der Waals surface area contributed by atoms with Crippen LogP contribution in [0.1, 0.15) is 31.1 Å². The van der Waals surface area contributed by atoms with Crippen molar-refractivity contribution in [1.82, 2.24) is 29.4 Å². The molecule has 1 aliphatic heterocycles. The van der Waals surface area contributed by atoms with E-state index in [2.05, 4.69) is 19.8 Å². The highest BCUT2D eigenvalue weighted by atomic mass is 32.2. The molecule has 11 heteroatoms. The van der Waals surface area contributed by atoms with Crippen molar-refractivity contribution >= 4 is 15.9 Å². The molecule has 0 spiro atoms. The summed E-state index contributed by atoms with van der Waals surface area (Å²) in [6.45, 7) is 0.152. The first-order valence-corrected chi connectivity index (χ1v) is 11.4. The van der Waals surface area contributed by atoms with E-state index in [0.29, 0.717) is 30.0 Å². The van der Waals surface area contributed by atoms with Crippen molar-refractivity contribution in [2.75, 3.05) is 13.1 Å². The fourth-order valence-electron chi connectivity index (χ4n) is 3.70. The third-order valence-corrected chi connectivity index (χ3v) is 6.63. The standard InChI is InChI=1S/C20H23FN6O3S/c1-26-13-16(10-23-26)31(29,30)24-12-19(28)27-8-3-2-7-18(27)20-22-11-17(25-20)14-5-4-6-15(21)9-14/h4-6,9-11,13,18,24H,2-3,7-8,12H2,1H3,(H,22,25). The van der Waals surface area contributed by atoms with Gasteiger partial charge in [0.05, 0.1) is 30.7 Å². The van der Waals surface area contributed by atoms with Gasteiger partial charge in [-0.3, -0.25) is 9.48 Å². The molecular weight excluding hydrogens is 423 g/mol. The summed E-state index contributed by atoms with van der Waals surface area (Å²) in [4.78, 5) is 22.1. The molecule has 164 valence electrons. The Morgan fingerprint density at radius 1 is 1.32 bits per heavy atom. The molecule has 1 aromatic carbocycles. The number of carbonyl (C=O) groups is 1. The van der Waals surface area contributed by atoms with Gasteiger partial charge in [-0.1, -0.05) is 12.1 Å². The molecule has 1 aliphatic rings. The Morgan fingerprint density at radius 3 is 2.90 bits per heavy atom. The van der Waals surface area contributed by atoms with Gasteiger partial charge >= 0.3 is 0 Å². The normalized spacial score (nSPS) is 17.1. The number of hydrogen-bond acceptors (Lipinski definition) is 5. The first-order chi connectivity index (χ1) is 14.8. The van der Waals surface area contributed by atoms with Crippen molar-refractivity contribution in [2.24, 2.45) is 7.05 Å². The predicted molar refractivity (Wildman–Crippen MR) is 111 cm³/mol. The van der Waals surface area contributed by atoms with Crippen LogP contribution in [0.2, 0.25) is 0 Å². The maximum Gasteiger partial charge on any atom is 0.244 e. The van der Waals surface area contributed by atoms with Crippen molar-refractivity contribution in [3.8, 4) is 11.3 Å². The van der Waals surface area contributed by atoms with Crippen LogP contribution >= 0.6 is 0 Å². The summed E-state index contributed by atoms with van der Waals surface area (Å²) in [5.41, 5.74) is 1.32. The van der Waals surface area contributed by atoms with E-state index in [0.717, 1.165) is 12.8 Å². The fraction of sp³-hybridized carbons (Fsp3) is 0.350. The van der Waals surface area contributed by atoms with Gasteiger partial charge in [-0.15, -0.1) is 0 Å². The molecule has 31 heavy (non-hydrogen) atoms. The molecule has 1 fully saturated rings. The molecule has 0 aliphatic carbocycles. The lowest BCUT2D eigenvalue weighted by molar-refractivity contribution is -0.133. The number of aryl methyl sites for hydroxylation is 1. The second kappa shape index (κ2) is 8.60. The highest BCUT2D eigenvalue weighted by Gasteiger charge is 2.31. The third-order valence-electron chi connectivity index (χ3n) is 5.27. The molecule has 2 N–H and O–H groups in total. The molecule has 0 saturated carbocycles. The molecule has 0 bridgehead atoms. The Bertz CT molecular complexity index is 1190. The zero-order valence-corrected chi connectivity index (χ0v) is 17.8. The molecule has 3 heterocycles. The van der Waals surface area contributed by atoms with Gasteiger partial charge in [-0.05, 0) is 31.4 Å². The zero-order valence-electron chi connectivity index (χ0n) is 17.0. The van der Waals surface area contributed by atoms with Crippen LogP contribution in [0.4, 0.5) is 4.39 Å². The van der Waals surface area contributed by atoms with Crippen LogP contribution in [-0.2, 0) is 21.9 Å². The first-order valence-electron chi connectivity index (χ1n) is 9.92. The number of H-pyrrole nitrogens is 1. The van der Waals surface area contributed by atoms with Crippen LogP contribution in [0.3, 0.4) is 0 Å². The summed E-state index contributed by atoms with van der Waals surface area (Å²) >= 11 is 0. The molecule has 1 unspecified atom stereocenters. The van der Waals surface area contributed by atoms with E-state index in [1.807, 2.05) is 0 Å². The Labute approximate surface area is 179 Å². The minimum atomic E-state index is -3.83. The van der Waals surface area contributed by atoms with Gasteiger partial charge in [-0.25, -0.2) is 22.5 Å². The number of aromatic amines is 1. The number of sulfonamides is 1. The number of rotatable bonds is 6. The summed E-state index contributed by atoms with van der Waals surface area (Å²) in [6, 6.07) is 5.88. The summed E-state index contributed by atoms with van der Waals surface area (Å²) in [6.07, 6.45) is 6.67. The highest BCUT2D eigenvalue weighted by Crippen LogP contribution is 2.30. The largest absolute Gasteiger partial charge is 0.340 e. The van der Waals surface area contributed by atoms with Gasteiger partial charge in [0.15, 0.2) is 0 Å². The molecule has 1 saturated heterocycles. The number of halogens is 1. The fourth-order valence-corrected chi connectivity index (χ4v) is 4.66. The number of carbonyl (C=O) groups excluding carboxylic acids is 1. The van der Waals surface area contributed by atoms with Crippen LogP contribution in [0.15, 0.2) is 47.8 Å². The highest BCUT2D eigenvalue weighted by molar-refractivity contribution is 7.89. The average Bonchev–Trinajstić information content (AvgIpc) is 3.42. The molecule has 1 amide bonds. The van der Waals surface area contributed by atoms with E-state index in [9.17, 15) is 17.6 Å². The van der Waals surface area contributed by atoms with Crippen LogP contribution in [0.25, 0.3) is 11.3 Å². The van der Waals surface area contributed by atoms with Crippen LogP contribution in [-0.4, -0.2) is 52.1 Å². The molecule has 0 radical (unpaired) electrons. The molecule has 1 atom stereocenters. The summed E-state index contributed by atoms with van der Waals surface area (Å²) < 4.78 is 42.0. The second-order valence-electron chi connectivity index (χ2n) is 7.47. The van der Waals surface area contributed by atoms with E-state index in [-0.39, 0.29) is 29.2 Å². The predicted octanol–water partition coefficient (Wildman–Crippen LogP) is 1.98. The van der Waals surface area contributed by atoms with Gasteiger partial charge in [0, 0.05) is 25.4 Å². The Hall–Kier alpha value is -3.05. The van der Waals surface area contributed by atoms with Crippen molar-refractivity contribution in [3.05, 3.63) is 54.5 Å². The molecule has 4 rings (SSSR count). The summed E-state index contributed by atoms with van der Waals surface area (Å²) in [7, 11) is -2.22. The maximum absolute atomic E-state index is 13.5. The number of piperidine rings is 1. The minimum absolute atomic E-state index is 0.00349. The molecule has 2 aromatic heterocycles. The number of nitrogens with zero attached hydrogens (tertiary/aromatic N) is 4. The number of imidazole rings is 1. The molecule has 9 nitrogen and oxygen atoms in total. The van der Waals surface area contributed by atoms with Crippen LogP contribution in [0, 0.1) is 5.82 Å². The van der Waals surface area contributed by atoms with E-state index < -0.39 is 10.0 Å². The average molecular weight is 447 g/mol. The van der Waals surface area contributed by atoms with E-state index in [4.69, 9.17) is 0 Å². The Balaban J connectivity index is 1.48. The number of nitrogens with one attached hydrogen (secondary N) is 2. The van der Waals surface area contributed by atoms with Gasteiger partial charge in [0.1, 0.15) is 16.5 Å². The lowest BCUT2D eigenvalue weighted by atomic mass is 10.0. The van der Waals surface area contributed by atoms with Crippen LogP contribution in [0.5, 0.6) is 0 Å². The van der Waals surface area contributed by atoms with E-state index in [1.54, 1.807) is 30.3 Å². The first kappa shape index (κ1) is 21.2. The van der Waals surface area contributed by atoms with Gasteiger partial charge < -0.3 is 9.88 Å². The number of aromatic nitrogens is 4. The van der Waals surface area contributed by atoms with E-state index in [1.165, 1.54) is 29.2 Å². The smallest absolute Gasteiger partial charge is 0.244 e. The minimum Gasteiger partial charge on any atom is -0.340 e. The zero-order chi connectivity index (χ0) is 22.0. The van der Waals surface area contributed by atoms with Crippen LogP contribution < -0.4 is 4.72 Å². The van der Waals surface area contributed by atoms with Gasteiger partial charge in [0.2, 0.25) is 15.9 Å². The lowest BCUT2D eigenvalue weighted by Crippen LogP contribution is -2.44. The van der Waals surface area contributed by atoms with Crippen molar-refractivity contribution < 1.29 is 17.6 Å². The van der Waals surface area contributed by atoms with Gasteiger partial charge in [-0.2, -0.15) is 5.10 Å². The third kappa shape index (κ3) is 4.67. The second-order valence-corrected chi connectivity index (χ2v) is 9.23. The number of likely N-dealkylation sites (tertiary alicyclic amines) is 1. The lowest BCUT2D eigenvalue weighted by Gasteiger charge is -2.34. The topological polar surface area (TPSA) is 113 Å². The SMILES string of the molecule is Cn1cc(S(=O)(=O)NCC(=O)N2CCCCC2c2ncc(-c3cccc(F)c3)[nH]2)cn1. The number of hydrogen-bond donors (Lipinski definition) is 2. The molecule has 3 aromatic rings. The van der Waals surface area contributed by atoms with E-state index >= 15 is 0 Å². The maximum atomic E-state index is 13.5.